The molecule has 1 fully saturated rings. The quantitative estimate of drug-likeness (QED) is 0.876. The Labute approximate surface area is 135 Å². The number of β-amino-alcohol motifs (C(OH)–C–C–N with tert-alkyl or cyclic N) is 1. The van der Waals surface area contributed by atoms with Crippen molar-refractivity contribution in [2.24, 2.45) is 0 Å². The molecule has 0 bridgehead atoms. The second-order valence-corrected chi connectivity index (χ2v) is 5.87. The summed E-state index contributed by atoms with van der Waals surface area (Å²) in [5.74, 6) is 0.622. The third kappa shape index (κ3) is 3.78. The Morgan fingerprint density at radius 3 is 2.52 bits per heavy atom. The summed E-state index contributed by atoms with van der Waals surface area (Å²) in [5.41, 5.74) is 2.69. The zero-order chi connectivity index (χ0) is 16.2. The van der Waals surface area contributed by atoms with Crippen LogP contribution in [0.25, 0.3) is 11.3 Å². The number of anilines is 1. The van der Waals surface area contributed by atoms with E-state index in [4.69, 9.17) is 5.11 Å². The zero-order valence-electron chi connectivity index (χ0n) is 13.3. The second kappa shape index (κ2) is 6.93. The highest BCUT2D eigenvalue weighted by atomic mass is 16.3. The highest BCUT2D eigenvalue weighted by Gasteiger charge is 2.18. The van der Waals surface area contributed by atoms with Crippen LogP contribution < -0.4 is 10.5 Å². The highest BCUT2D eigenvalue weighted by Crippen LogP contribution is 2.18. The van der Waals surface area contributed by atoms with Crippen LogP contribution in [0.2, 0.25) is 0 Å². The van der Waals surface area contributed by atoms with Gasteiger partial charge >= 0.3 is 0 Å². The zero-order valence-corrected chi connectivity index (χ0v) is 13.3. The van der Waals surface area contributed by atoms with E-state index in [1.165, 1.54) is 11.6 Å². The molecule has 0 aliphatic carbocycles. The van der Waals surface area contributed by atoms with Gasteiger partial charge in [0, 0.05) is 44.4 Å². The molecule has 0 atom stereocenters. The molecule has 0 unspecified atom stereocenters. The molecule has 2 heterocycles. The Hall–Kier alpha value is -2.18. The summed E-state index contributed by atoms with van der Waals surface area (Å²) in [6, 6.07) is 9.55. The number of rotatable bonds is 4. The molecule has 6 nitrogen and oxygen atoms in total. The van der Waals surface area contributed by atoms with Crippen LogP contribution in [0.5, 0.6) is 0 Å². The molecule has 1 aliphatic rings. The number of aromatic nitrogens is 2. The molecule has 3 rings (SSSR count). The Bertz CT molecular complexity index is 703. The molecule has 0 saturated carbocycles. The van der Waals surface area contributed by atoms with E-state index < -0.39 is 0 Å². The summed E-state index contributed by atoms with van der Waals surface area (Å²) < 4.78 is 0. The van der Waals surface area contributed by atoms with Crippen LogP contribution in [0, 0.1) is 6.92 Å². The SMILES string of the molecule is Cc1ccc(-c2cc(=O)[nH]c(N3CCN(CCO)CC3)n2)cc1. The molecule has 122 valence electrons. The Kier molecular flexibility index (Phi) is 4.73. The number of nitrogens with one attached hydrogen (secondary N) is 1. The number of aliphatic hydroxyl groups is 1. The molecular formula is C17H22N4O2. The van der Waals surface area contributed by atoms with Crippen molar-refractivity contribution >= 4 is 5.95 Å². The number of aromatic amines is 1. The fourth-order valence-electron chi connectivity index (χ4n) is 2.79. The van der Waals surface area contributed by atoms with E-state index in [0.29, 0.717) is 18.2 Å². The minimum absolute atomic E-state index is 0.136. The van der Waals surface area contributed by atoms with E-state index in [2.05, 4.69) is 19.8 Å². The summed E-state index contributed by atoms with van der Waals surface area (Å²) in [6.07, 6.45) is 0. The highest BCUT2D eigenvalue weighted by molar-refractivity contribution is 5.60. The average Bonchev–Trinajstić information content (AvgIpc) is 2.56. The molecule has 1 aromatic carbocycles. The van der Waals surface area contributed by atoms with Crippen molar-refractivity contribution in [2.45, 2.75) is 6.92 Å². The normalized spacial score (nSPS) is 15.8. The molecule has 0 amide bonds. The van der Waals surface area contributed by atoms with E-state index in [0.717, 1.165) is 31.7 Å². The molecule has 0 radical (unpaired) electrons. The number of piperazine rings is 1. The number of H-pyrrole nitrogens is 1. The average molecular weight is 314 g/mol. The molecule has 1 aromatic heterocycles. The van der Waals surface area contributed by atoms with Crippen molar-refractivity contribution < 1.29 is 5.11 Å². The Morgan fingerprint density at radius 1 is 1.17 bits per heavy atom. The van der Waals surface area contributed by atoms with Crippen molar-refractivity contribution in [2.75, 3.05) is 44.2 Å². The molecular weight excluding hydrogens is 292 g/mol. The number of hydrogen-bond donors (Lipinski definition) is 2. The smallest absolute Gasteiger partial charge is 0.252 e. The van der Waals surface area contributed by atoms with E-state index in [1.807, 2.05) is 31.2 Å². The van der Waals surface area contributed by atoms with E-state index in [1.54, 1.807) is 0 Å². The monoisotopic (exact) mass is 314 g/mol. The van der Waals surface area contributed by atoms with Gasteiger partial charge in [-0.15, -0.1) is 0 Å². The summed E-state index contributed by atoms with van der Waals surface area (Å²) in [7, 11) is 0. The number of hydrogen-bond acceptors (Lipinski definition) is 5. The van der Waals surface area contributed by atoms with E-state index in [9.17, 15) is 4.79 Å². The minimum atomic E-state index is -0.136. The summed E-state index contributed by atoms with van der Waals surface area (Å²) in [6.45, 7) is 6.21. The molecule has 0 spiro atoms. The van der Waals surface area contributed by atoms with Gasteiger partial charge in [-0.2, -0.15) is 0 Å². The lowest BCUT2D eigenvalue weighted by Gasteiger charge is -2.34. The van der Waals surface area contributed by atoms with Crippen molar-refractivity contribution in [3.8, 4) is 11.3 Å². The van der Waals surface area contributed by atoms with Gasteiger partial charge in [-0.25, -0.2) is 4.98 Å². The maximum Gasteiger partial charge on any atom is 0.252 e. The first kappa shape index (κ1) is 15.7. The molecule has 2 N–H and O–H groups in total. The minimum Gasteiger partial charge on any atom is -0.395 e. The molecule has 1 aliphatic heterocycles. The van der Waals surface area contributed by atoms with Crippen LogP contribution >= 0.6 is 0 Å². The third-order valence-electron chi connectivity index (χ3n) is 4.16. The van der Waals surface area contributed by atoms with Gasteiger partial charge in [-0.3, -0.25) is 14.7 Å². The molecule has 6 heteroatoms. The van der Waals surface area contributed by atoms with Crippen LogP contribution in [0.15, 0.2) is 35.1 Å². The fourth-order valence-corrected chi connectivity index (χ4v) is 2.79. The van der Waals surface area contributed by atoms with Gasteiger partial charge in [0.2, 0.25) is 5.95 Å². The summed E-state index contributed by atoms with van der Waals surface area (Å²) in [5, 5.41) is 9.00. The largest absolute Gasteiger partial charge is 0.395 e. The second-order valence-electron chi connectivity index (χ2n) is 5.87. The van der Waals surface area contributed by atoms with Gasteiger partial charge in [0.05, 0.1) is 12.3 Å². The molecule has 1 saturated heterocycles. The van der Waals surface area contributed by atoms with Gasteiger partial charge in [0.15, 0.2) is 0 Å². The third-order valence-corrected chi connectivity index (χ3v) is 4.16. The van der Waals surface area contributed by atoms with Gasteiger partial charge < -0.3 is 10.0 Å². The first-order valence-electron chi connectivity index (χ1n) is 7.92. The van der Waals surface area contributed by atoms with Gasteiger partial charge in [0.1, 0.15) is 0 Å². The lowest BCUT2D eigenvalue weighted by molar-refractivity contribution is 0.188. The first-order valence-corrected chi connectivity index (χ1v) is 7.92. The maximum atomic E-state index is 12.0. The first-order chi connectivity index (χ1) is 11.2. The topological polar surface area (TPSA) is 72.5 Å². The van der Waals surface area contributed by atoms with Crippen LogP contribution in [0.1, 0.15) is 5.56 Å². The van der Waals surface area contributed by atoms with Crippen molar-refractivity contribution in [1.29, 1.82) is 0 Å². The maximum absolute atomic E-state index is 12.0. The van der Waals surface area contributed by atoms with Crippen LogP contribution in [-0.2, 0) is 0 Å². The molecule has 2 aromatic rings. The number of aliphatic hydroxyl groups excluding tert-OH is 1. The lowest BCUT2D eigenvalue weighted by Crippen LogP contribution is -2.48. The number of nitrogens with zero attached hydrogens (tertiary/aromatic N) is 3. The predicted molar refractivity (Wildman–Crippen MR) is 90.8 cm³/mol. The van der Waals surface area contributed by atoms with Crippen LogP contribution in [0.4, 0.5) is 5.95 Å². The van der Waals surface area contributed by atoms with Crippen molar-refractivity contribution in [3.63, 3.8) is 0 Å². The van der Waals surface area contributed by atoms with E-state index in [-0.39, 0.29) is 12.2 Å². The van der Waals surface area contributed by atoms with Crippen LogP contribution in [-0.4, -0.2) is 59.3 Å². The van der Waals surface area contributed by atoms with Gasteiger partial charge in [0.25, 0.3) is 5.56 Å². The Balaban J connectivity index is 1.81. The fraction of sp³-hybridized carbons (Fsp3) is 0.412. The predicted octanol–water partition coefficient (Wildman–Crippen LogP) is 0.860. The van der Waals surface area contributed by atoms with Crippen molar-refractivity contribution in [3.05, 3.63) is 46.2 Å². The number of benzene rings is 1. The summed E-state index contributed by atoms with van der Waals surface area (Å²) in [4.78, 5) is 23.8. The lowest BCUT2D eigenvalue weighted by atomic mass is 10.1. The van der Waals surface area contributed by atoms with Crippen LogP contribution in [0.3, 0.4) is 0 Å². The van der Waals surface area contributed by atoms with Gasteiger partial charge in [-0.1, -0.05) is 29.8 Å². The van der Waals surface area contributed by atoms with E-state index >= 15 is 0 Å². The standard InChI is InChI=1S/C17H22N4O2/c1-13-2-4-14(5-3-13)15-12-16(23)19-17(18-15)21-8-6-20(7-9-21)10-11-22/h2-5,12,22H,6-11H2,1H3,(H,18,19,23). The number of aryl methyl sites for hydroxylation is 1. The van der Waals surface area contributed by atoms with Gasteiger partial charge in [-0.05, 0) is 6.92 Å². The summed E-state index contributed by atoms with van der Waals surface area (Å²) >= 11 is 0. The molecule has 23 heavy (non-hydrogen) atoms. The Morgan fingerprint density at radius 2 is 1.87 bits per heavy atom. The van der Waals surface area contributed by atoms with Crippen molar-refractivity contribution in [1.82, 2.24) is 14.9 Å².